The van der Waals surface area contributed by atoms with Crippen LogP contribution in [0.2, 0.25) is 0 Å². The van der Waals surface area contributed by atoms with Crippen molar-refractivity contribution in [1.82, 2.24) is 9.97 Å². The largest absolute Gasteiger partial charge is 0.391 e. The summed E-state index contributed by atoms with van der Waals surface area (Å²) in [5.74, 6) is 2.70. The number of aryl methyl sites for hydroxylation is 1. The molecule has 1 atom stereocenters. The Hall–Kier alpha value is -1.36. The molecule has 100 valence electrons. The lowest BCUT2D eigenvalue weighted by atomic mass is 10.3. The highest BCUT2D eigenvalue weighted by Gasteiger charge is 2.22. The molecule has 0 bridgehead atoms. The van der Waals surface area contributed by atoms with E-state index in [9.17, 15) is 5.11 Å². The summed E-state index contributed by atoms with van der Waals surface area (Å²) in [5, 5.41) is 9.61. The van der Waals surface area contributed by atoms with Gasteiger partial charge in [0.1, 0.15) is 17.5 Å². The van der Waals surface area contributed by atoms with E-state index < -0.39 is 0 Å². The summed E-state index contributed by atoms with van der Waals surface area (Å²) in [6, 6.07) is 2.03. The minimum Gasteiger partial charge on any atom is -0.391 e. The zero-order chi connectivity index (χ0) is 13.1. The number of hydrogen-bond donors (Lipinski definition) is 1. The summed E-state index contributed by atoms with van der Waals surface area (Å²) in [7, 11) is 0. The first-order valence-corrected chi connectivity index (χ1v) is 6.67. The molecule has 1 saturated heterocycles. The highest BCUT2D eigenvalue weighted by molar-refractivity contribution is 5.51. The van der Waals surface area contributed by atoms with Gasteiger partial charge in [-0.1, -0.05) is 0 Å². The minimum absolute atomic E-state index is 0.225. The van der Waals surface area contributed by atoms with Gasteiger partial charge in [-0.15, -0.1) is 0 Å². The lowest BCUT2D eigenvalue weighted by molar-refractivity contribution is 0.198. The Kier molecular flexibility index (Phi) is 4.01. The van der Waals surface area contributed by atoms with Gasteiger partial charge < -0.3 is 14.9 Å². The number of nitrogens with zero attached hydrogens (tertiary/aromatic N) is 4. The van der Waals surface area contributed by atoms with E-state index in [0.717, 1.165) is 43.5 Å². The van der Waals surface area contributed by atoms with Crippen molar-refractivity contribution in [2.75, 3.05) is 36.0 Å². The van der Waals surface area contributed by atoms with Crippen LogP contribution in [0.1, 0.15) is 26.1 Å². The number of aliphatic hydroxyl groups is 1. The highest BCUT2D eigenvalue weighted by atomic mass is 16.3. The fraction of sp³-hybridized carbons (Fsp3) is 0.692. The van der Waals surface area contributed by atoms with Crippen molar-refractivity contribution in [2.24, 2.45) is 0 Å². The Morgan fingerprint density at radius 1 is 1.39 bits per heavy atom. The van der Waals surface area contributed by atoms with E-state index in [-0.39, 0.29) is 6.10 Å². The van der Waals surface area contributed by atoms with Crippen molar-refractivity contribution >= 4 is 11.6 Å². The van der Waals surface area contributed by atoms with E-state index >= 15 is 0 Å². The molecule has 0 amide bonds. The number of anilines is 2. The lowest BCUT2D eigenvalue weighted by Gasteiger charge is -2.23. The molecule has 1 fully saturated rings. The van der Waals surface area contributed by atoms with Gasteiger partial charge in [-0.3, -0.25) is 0 Å². The molecule has 0 saturated carbocycles. The number of aliphatic hydroxyl groups excluding tert-OH is 1. The average molecular weight is 250 g/mol. The van der Waals surface area contributed by atoms with Crippen molar-refractivity contribution in [3.05, 3.63) is 11.9 Å². The van der Waals surface area contributed by atoms with E-state index in [0.29, 0.717) is 6.54 Å². The van der Waals surface area contributed by atoms with Crippen LogP contribution in [0.25, 0.3) is 0 Å². The SMILES string of the molecule is CCN(CC)c1cc(N2CCC(O)C2)nc(C)n1. The normalized spacial score (nSPS) is 19.3. The molecule has 0 aliphatic carbocycles. The second-order valence-corrected chi connectivity index (χ2v) is 4.69. The van der Waals surface area contributed by atoms with Crippen LogP contribution in [0.15, 0.2) is 6.07 Å². The molecule has 5 nitrogen and oxygen atoms in total. The Morgan fingerprint density at radius 2 is 2.11 bits per heavy atom. The maximum atomic E-state index is 9.61. The Morgan fingerprint density at radius 3 is 2.67 bits per heavy atom. The van der Waals surface area contributed by atoms with Crippen molar-refractivity contribution < 1.29 is 5.11 Å². The smallest absolute Gasteiger partial charge is 0.134 e. The van der Waals surface area contributed by atoms with E-state index in [1.54, 1.807) is 0 Å². The maximum absolute atomic E-state index is 9.61. The fourth-order valence-corrected chi connectivity index (χ4v) is 2.36. The number of rotatable bonds is 4. The zero-order valence-corrected chi connectivity index (χ0v) is 11.4. The summed E-state index contributed by atoms with van der Waals surface area (Å²) in [6.07, 6.45) is 0.598. The van der Waals surface area contributed by atoms with Crippen LogP contribution in [0.3, 0.4) is 0 Å². The monoisotopic (exact) mass is 250 g/mol. The van der Waals surface area contributed by atoms with Gasteiger partial charge in [-0.2, -0.15) is 0 Å². The van der Waals surface area contributed by atoms with Crippen LogP contribution in [-0.4, -0.2) is 47.4 Å². The van der Waals surface area contributed by atoms with Crippen LogP contribution < -0.4 is 9.80 Å². The van der Waals surface area contributed by atoms with Crippen molar-refractivity contribution in [3.8, 4) is 0 Å². The van der Waals surface area contributed by atoms with Gasteiger partial charge in [0.05, 0.1) is 6.10 Å². The molecule has 0 radical (unpaired) electrons. The molecule has 5 heteroatoms. The molecular formula is C13H22N4O. The van der Waals surface area contributed by atoms with E-state index in [1.165, 1.54) is 0 Å². The Balaban J connectivity index is 2.26. The van der Waals surface area contributed by atoms with Gasteiger partial charge in [0.25, 0.3) is 0 Å². The first-order chi connectivity index (χ1) is 8.63. The van der Waals surface area contributed by atoms with E-state index in [1.807, 2.05) is 13.0 Å². The molecule has 1 aromatic heterocycles. The standard InChI is InChI=1S/C13H22N4O/c1-4-16(5-2)12-8-13(15-10(3)14-12)17-7-6-11(18)9-17/h8,11,18H,4-7,9H2,1-3H3. The molecule has 2 rings (SSSR count). The van der Waals surface area contributed by atoms with Crippen LogP contribution in [-0.2, 0) is 0 Å². The molecule has 0 aromatic carbocycles. The molecule has 1 aromatic rings. The minimum atomic E-state index is -0.225. The average Bonchev–Trinajstić information content (AvgIpc) is 2.77. The summed E-state index contributed by atoms with van der Waals surface area (Å²) < 4.78 is 0. The highest BCUT2D eigenvalue weighted by Crippen LogP contribution is 2.22. The molecule has 1 aliphatic heterocycles. The van der Waals surface area contributed by atoms with Crippen LogP contribution >= 0.6 is 0 Å². The van der Waals surface area contributed by atoms with Gasteiger partial charge in [0, 0.05) is 32.2 Å². The fourth-order valence-electron chi connectivity index (χ4n) is 2.36. The second kappa shape index (κ2) is 5.52. The number of aromatic nitrogens is 2. The van der Waals surface area contributed by atoms with Gasteiger partial charge in [-0.05, 0) is 27.2 Å². The predicted molar refractivity (Wildman–Crippen MR) is 73.2 cm³/mol. The Labute approximate surface area is 108 Å². The third kappa shape index (κ3) is 2.72. The van der Waals surface area contributed by atoms with Gasteiger partial charge in [-0.25, -0.2) is 9.97 Å². The molecular weight excluding hydrogens is 228 g/mol. The molecule has 0 spiro atoms. The summed E-state index contributed by atoms with van der Waals surface area (Å²) in [6.45, 7) is 9.59. The predicted octanol–water partition coefficient (Wildman–Crippen LogP) is 1.20. The third-order valence-corrected chi connectivity index (χ3v) is 3.39. The van der Waals surface area contributed by atoms with Crippen LogP contribution in [0, 0.1) is 6.92 Å². The molecule has 2 heterocycles. The molecule has 1 N–H and O–H groups in total. The third-order valence-electron chi connectivity index (χ3n) is 3.39. The van der Waals surface area contributed by atoms with Crippen molar-refractivity contribution in [1.29, 1.82) is 0 Å². The van der Waals surface area contributed by atoms with Gasteiger partial charge in [0.15, 0.2) is 0 Å². The van der Waals surface area contributed by atoms with Gasteiger partial charge in [0.2, 0.25) is 0 Å². The number of β-amino-alcohol motifs (C(OH)–C–C–N with tert-alkyl or cyclic N) is 1. The van der Waals surface area contributed by atoms with E-state index in [2.05, 4.69) is 33.6 Å². The van der Waals surface area contributed by atoms with Crippen LogP contribution in [0.5, 0.6) is 0 Å². The first-order valence-electron chi connectivity index (χ1n) is 6.67. The summed E-state index contributed by atoms with van der Waals surface area (Å²) >= 11 is 0. The quantitative estimate of drug-likeness (QED) is 0.870. The summed E-state index contributed by atoms with van der Waals surface area (Å²) in [4.78, 5) is 13.3. The van der Waals surface area contributed by atoms with Gasteiger partial charge >= 0.3 is 0 Å². The zero-order valence-electron chi connectivity index (χ0n) is 11.4. The van der Waals surface area contributed by atoms with E-state index in [4.69, 9.17) is 0 Å². The molecule has 1 unspecified atom stereocenters. The number of hydrogen-bond acceptors (Lipinski definition) is 5. The maximum Gasteiger partial charge on any atom is 0.134 e. The molecule has 1 aliphatic rings. The first kappa shape index (κ1) is 13.1. The molecule has 18 heavy (non-hydrogen) atoms. The van der Waals surface area contributed by atoms with Crippen LogP contribution in [0.4, 0.5) is 11.6 Å². The second-order valence-electron chi connectivity index (χ2n) is 4.69. The Bertz CT molecular complexity index is 406. The van der Waals surface area contributed by atoms with Crippen molar-refractivity contribution in [3.63, 3.8) is 0 Å². The lowest BCUT2D eigenvalue weighted by Crippen LogP contribution is -2.26. The van der Waals surface area contributed by atoms with Crippen molar-refractivity contribution in [2.45, 2.75) is 33.3 Å². The summed E-state index contributed by atoms with van der Waals surface area (Å²) in [5.41, 5.74) is 0. The topological polar surface area (TPSA) is 52.5 Å².